The van der Waals surface area contributed by atoms with Crippen molar-refractivity contribution in [3.8, 4) is 0 Å². The molecule has 4 rings (SSSR count). The van der Waals surface area contributed by atoms with Gasteiger partial charge in [0, 0.05) is 49.3 Å². The molecule has 0 radical (unpaired) electrons. The lowest BCUT2D eigenvalue weighted by Crippen LogP contribution is -2.36. The van der Waals surface area contributed by atoms with Gasteiger partial charge >= 0.3 is 11.5 Å². The summed E-state index contributed by atoms with van der Waals surface area (Å²) in [6.07, 6.45) is 4.64. The van der Waals surface area contributed by atoms with Crippen LogP contribution in [0.1, 0.15) is 31.7 Å². The van der Waals surface area contributed by atoms with Gasteiger partial charge in [-0.05, 0) is 58.3 Å². The fourth-order valence-electron chi connectivity index (χ4n) is 4.13. The molecule has 6 nitrogen and oxygen atoms in total. The molecule has 2 aromatic carbocycles. The first kappa shape index (κ1) is 22.8. The van der Waals surface area contributed by atoms with Crippen LogP contribution < -0.4 is 15.1 Å². The second-order valence-corrected chi connectivity index (χ2v) is 8.43. The van der Waals surface area contributed by atoms with Gasteiger partial charge in [-0.3, -0.25) is 0 Å². The Kier molecular flexibility index (Phi) is 6.94. The van der Waals surface area contributed by atoms with Crippen molar-refractivity contribution in [3.63, 3.8) is 0 Å². The van der Waals surface area contributed by atoms with Crippen LogP contribution in [0.25, 0.3) is 34.2 Å². The van der Waals surface area contributed by atoms with E-state index in [1.54, 1.807) is 6.08 Å². The van der Waals surface area contributed by atoms with E-state index in [0.717, 1.165) is 54.8 Å². The summed E-state index contributed by atoms with van der Waals surface area (Å²) in [7, 11) is 4.14. The van der Waals surface area contributed by atoms with Crippen LogP contribution in [0.4, 0.5) is 5.69 Å². The lowest BCUT2D eigenvalue weighted by Gasteiger charge is -2.20. The summed E-state index contributed by atoms with van der Waals surface area (Å²) < 4.78 is 13.9. The maximum atomic E-state index is 12.7. The molecule has 0 atom stereocenters. The molecule has 33 heavy (non-hydrogen) atoms. The number of aromatic nitrogens is 1. The highest BCUT2D eigenvalue weighted by Crippen LogP contribution is 2.23. The maximum Gasteiger partial charge on any atom is 0.374 e. The lowest BCUT2D eigenvalue weighted by molar-refractivity contribution is -0.678. The largest absolute Gasteiger partial charge is 0.422 e. The fourth-order valence-corrected chi connectivity index (χ4v) is 4.13. The van der Waals surface area contributed by atoms with Crippen LogP contribution in [0.3, 0.4) is 0 Å². The molecule has 0 saturated heterocycles. The number of aryl methyl sites for hydroxylation is 1. The van der Waals surface area contributed by atoms with Crippen LogP contribution in [0.5, 0.6) is 0 Å². The standard InChI is InChI=1S/C27H32N3O3/c1-5-29(6-2)22-14-12-20-18-21(27(31)33-25(20)19-22)13-15-26-30(17-9-16-28(3)4)23-10-7-8-11-24(23)32-26/h7-8,10-15,18-19H,5-6,9,16-17H2,1-4H3/q+1. The normalized spacial score (nSPS) is 11.9. The van der Waals surface area contributed by atoms with Crippen molar-refractivity contribution in [1.29, 1.82) is 0 Å². The summed E-state index contributed by atoms with van der Waals surface area (Å²) in [6.45, 7) is 7.85. The minimum Gasteiger partial charge on any atom is -0.422 e. The molecule has 0 N–H and O–H groups in total. The average molecular weight is 447 g/mol. The number of hydrogen-bond acceptors (Lipinski definition) is 5. The van der Waals surface area contributed by atoms with Gasteiger partial charge in [0.2, 0.25) is 5.58 Å². The topological polar surface area (TPSA) is 53.7 Å². The number of nitrogens with zero attached hydrogens (tertiary/aromatic N) is 3. The summed E-state index contributed by atoms with van der Waals surface area (Å²) >= 11 is 0. The predicted octanol–water partition coefficient (Wildman–Crippen LogP) is 4.80. The van der Waals surface area contributed by atoms with Crippen LogP contribution >= 0.6 is 0 Å². The second kappa shape index (κ2) is 10.0. The zero-order valence-electron chi connectivity index (χ0n) is 19.9. The molecule has 0 bridgehead atoms. The van der Waals surface area contributed by atoms with Crippen molar-refractivity contribution in [2.24, 2.45) is 0 Å². The van der Waals surface area contributed by atoms with Gasteiger partial charge in [0.1, 0.15) is 5.58 Å². The van der Waals surface area contributed by atoms with Crippen molar-refractivity contribution in [2.45, 2.75) is 26.8 Å². The average Bonchev–Trinajstić information content (AvgIpc) is 3.16. The third kappa shape index (κ3) is 5.01. The monoisotopic (exact) mass is 446 g/mol. The highest BCUT2D eigenvalue weighted by atomic mass is 16.4. The molecule has 2 heterocycles. The van der Waals surface area contributed by atoms with Gasteiger partial charge in [-0.15, -0.1) is 0 Å². The molecular weight excluding hydrogens is 414 g/mol. The van der Waals surface area contributed by atoms with E-state index >= 15 is 0 Å². The second-order valence-electron chi connectivity index (χ2n) is 8.43. The molecule has 2 aromatic heterocycles. The molecule has 0 aliphatic rings. The maximum absolute atomic E-state index is 12.7. The smallest absolute Gasteiger partial charge is 0.374 e. The fraction of sp³-hybridized carbons (Fsp3) is 0.333. The first-order valence-electron chi connectivity index (χ1n) is 11.6. The SMILES string of the molecule is CCN(CC)c1ccc2cc(/C=C/c3oc4ccccc4[n+]3CCCN(C)C)c(=O)oc2c1. The molecule has 0 spiro atoms. The molecule has 0 unspecified atom stereocenters. The first-order chi connectivity index (χ1) is 16.0. The number of benzene rings is 2. The van der Waals surface area contributed by atoms with E-state index < -0.39 is 0 Å². The van der Waals surface area contributed by atoms with Crippen molar-refractivity contribution in [1.82, 2.24) is 4.90 Å². The molecule has 0 aliphatic heterocycles. The minimum absolute atomic E-state index is 0.356. The van der Waals surface area contributed by atoms with Crippen molar-refractivity contribution in [3.05, 3.63) is 70.4 Å². The van der Waals surface area contributed by atoms with Crippen molar-refractivity contribution >= 4 is 39.9 Å². The Balaban J connectivity index is 1.67. The Morgan fingerprint density at radius 1 is 0.939 bits per heavy atom. The molecule has 0 saturated carbocycles. The van der Waals surface area contributed by atoms with E-state index in [0.29, 0.717) is 17.0 Å². The van der Waals surface area contributed by atoms with Crippen molar-refractivity contribution in [2.75, 3.05) is 38.6 Å². The highest BCUT2D eigenvalue weighted by Gasteiger charge is 2.20. The Morgan fingerprint density at radius 3 is 2.48 bits per heavy atom. The molecule has 6 heteroatoms. The van der Waals surface area contributed by atoms with E-state index in [9.17, 15) is 4.79 Å². The van der Waals surface area contributed by atoms with Gasteiger partial charge in [0.25, 0.3) is 5.52 Å². The van der Waals surface area contributed by atoms with Crippen LogP contribution in [0, 0.1) is 0 Å². The Bertz CT molecular complexity index is 1330. The van der Waals surface area contributed by atoms with Gasteiger partial charge < -0.3 is 18.6 Å². The number of fused-ring (bicyclic) bond motifs is 2. The minimum atomic E-state index is -0.356. The number of rotatable bonds is 9. The van der Waals surface area contributed by atoms with Crippen LogP contribution in [0.15, 0.2) is 62.2 Å². The Labute approximate surface area is 194 Å². The van der Waals surface area contributed by atoms with E-state index in [1.807, 2.05) is 42.5 Å². The zero-order valence-corrected chi connectivity index (χ0v) is 19.9. The van der Waals surface area contributed by atoms with E-state index in [-0.39, 0.29) is 5.63 Å². The zero-order chi connectivity index (χ0) is 23.4. The third-order valence-corrected chi connectivity index (χ3v) is 5.90. The summed E-state index contributed by atoms with van der Waals surface area (Å²) in [5, 5.41) is 0.897. The number of para-hydroxylation sites is 2. The first-order valence-corrected chi connectivity index (χ1v) is 11.6. The number of oxazole rings is 1. The molecule has 0 amide bonds. The lowest BCUT2D eigenvalue weighted by atomic mass is 10.1. The molecule has 172 valence electrons. The van der Waals surface area contributed by atoms with Crippen molar-refractivity contribution < 1.29 is 13.4 Å². The van der Waals surface area contributed by atoms with Crippen LogP contribution in [0.2, 0.25) is 0 Å². The summed E-state index contributed by atoms with van der Waals surface area (Å²) in [4.78, 5) is 17.1. The van der Waals surface area contributed by atoms with E-state index in [1.165, 1.54) is 0 Å². The molecular formula is C27H32N3O3+. The Morgan fingerprint density at radius 2 is 1.73 bits per heavy atom. The predicted molar refractivity (Wildman–Crippen MR) is 135 cm³/mol. The van der Waals surface area contributed by atoms with Crippen LogP contribution in [-0.2, 0) is 6.54 Å². The molecule has 4 aromatic rings. The van der Waals surface area contributed by atoms with Gasteiger partial charge in [0.15, 0.2) is 6.54 Å². The third-order valence-electron chi connectivity index (χ3n) is 5.90. The van der Waals surface area contributed by atoms with Crippen LogP contribution in [-0.4, -0.2) is 38.6 Å². The molecule has 0 fully saturated rings. The number of anilines is 1. The highest BCUT2D eigenvalue weighted by molar-refractivity contribution is 5.83. The summed E-state index contributed by atoms with van der Waals surface area (Å²) in [5.74, 6) is 0.714. The van der Waals surface area contributed by atoms with Gasteiger partial charge in [-0.2, -0.15) is 4.57 Å². The van der Waals surface area contributed by atoms with Gasteiger partial charge in [0.05, 0.1) is 11.6 Å². The quantitative estimate of drug-likeness (QED) is 0.273. The summed E-state index contributed by atoms with van der Waals surface area (Å²) in [6, 6.07) is 15.9. The molecule has 0 aliphatic carbocycles. The summed E-state index contributed by atoms with van der Waals surface area (Å²) in [5.41, 5.74) is 3.68. The van der Waals surface area contributed by atoms with Gasteiger partial charge in [-0.1, -0.05) is 12.1 Å². The van der Waals surface area contributed by atoms with E-state index in [4.69, 9.17) is 8.83 Å². The van der Waals surface area contributed by atoms with E-state index in [2.05, 4.69) is 54.4 Å². The number of hydrogen-bond donors (Lipinski definition) is 0. The van der Waals surface area contributed by atoms with Gasteiger partial charge in [-0.25, -0.2) is 4.79 Å². The Hall–Kier alpha value is -3.38.